The molecule has 1 aliphatic heterocycles. The second-order valence-corrected chi connectivity index (χ2v) is 9.85. The number of aromatic nitrogens is 5. The minimum Gasteiger partial charge on any atom is -0.353 e. The molecule has 0 amide bonds. The number of nitrogens with zero attached hydrogens (tertiary/aromatic N) is 5. The maximum Gasteiger partial charge on any atom is 0.326 e. The summed E-state index contributed by atoms with van der Waals surface area (Å²) < 4.78 is 0. The van der Waals surface area contributed by atoms with E-state index in [-0.39, 0.29) is 17.9 Å². The van der Waals surface area contributed by atoms with Crippen LogP contribution in [0.4, 0.5) is 5.82 Å². The van der Waals surface area contributed by atoms with E-state index in [4.69, 9.17) is 4.98 Å². The number of Topliss-reactive ketones (excluding diaryl/α,β-unsaturated/α-hetero) is 1. The summed E-state index contributed by atoms with van der Waals surface area (Å²) in [6.07, 6.45) is 5.63. The molecule has 10 heteroatoms. The Morgan fingerprint density at radius 1 is 0.825 bits per heavy atom. The predicted octanol–water partition coefficient (Wildman–Crippen LogP) is 2.82. The highest BCUT2D eigenvalue weighted by Crippen LogP contribution is 2.25. The van der Waals surface area contributed by atoms with Gasteiger partial charge in [0.2, 0.25) is 0 Å². The molecule has 3 aromatic heterocycles. The second-order valence-electron chi connectivity index (χ2n) is 9.85. The fraction of sp³-hybridized carbons (Fsp3) is 0.200. The molecule has 0 bridgehead atoms. The number of nitrogens with one attached hydrogen (secondary N) is 2. The van der Waals surface area contributed by atoms with Crippen LogP contribution in [0.2, 0.25) is 0 Å². The van der Waals surface area contributed by atoms with Gasteiger partial charge in [0, 0.05) is 57.6 Å². The minimum absolute atomic E-state index is 0.00311. The predicted molar refractivity (Wildman–Crippen MR) is 152 cm³/mol. The first kappa shape index (κ1) is 25.3. The molecular formula is C30H27N7O3. The van der Waals surface area contributed by atoms with E-state index in [1.54, 1.807) is 6.20 Å². The van der Waals surface area contributed by atoms with Crippen molar-refractivity contribution in [2.24, 2.45) is 0 Å². The number of fused-ring (bicyclic) bond motifs is 1. The summed E-state index contributed by atoms with van der Waals surface area (Å²) in [6.45, 7) is 4.55. The van der Waals surface area contributed by atoms with Gasteiger partial charge >= 0.3 is 5.69 Å². The Labute approximate surface area is 229 Å². The highest BCUT2D eigenvalue weighted by Gasteiger charge is 2.19. The van der Waals surface area contributed by atoms with Crippen LogP contribution in [-0.4, -0.2) is 61.8 Å². The van der Waals surface area contributed by atoms with Gasteiger partial charge in [0.25, 0.3) is 5.56 Å². The van der Waals surface area contributed by atoms with Gasteiger partial charge in [-0.25, -0.2) is 9.78 Å². The lowest BCUT2D eigenvalue weighted by atomic mass is 10.0. The second kappa shape index (κ2) is 11.0. The van der Waals surface area contributed by atoms with Crippen LogP contribution >= 0.6 is 0 Å². The monoisotopic (exact) mass is 533 g/mol. The average molecular weight is 534 g/mol. The van der Waals surface area contributed by atoms with Gasteiger partial charge in [0.05, 0.1) is 22.9 Å². The largest absolute Gasteiger partial charge is 0.353 e. The number of ketones is 1. The molecule has 0 aliphatic carbocycles. The summed E-state index contributed by atoms with van der Waals surface area (Å²) in [4.78, 5) is 58.5. The van der Waals surface area contributed by atoms with Crippen molar-refractivity contribution < 1.29 is 4.79 Å². The third kappa shape index (κ3) is 5.71. The molecule has 5 aromatic rings. The van der Waals surface area contributed by atoms with Crippen molar-refractivity contribution in [1.82, 2.24) is 29.8 Å². The number of anilines is 1. The van der Waals surface area contributed by atoms with Crippen LogP contribution in [0.15, 0.2) is 88.8 Å². The molecule has 2 aromatic carbocycles. The Morgan fingerprint density at radius 3 is 2.38 bits per heavy atom. The van der Waals surface area contributed by atoms with E-state index in [0.29, 0.717) is 0 Å². The molecule has 4 heterocycles. The highest BCUT2D eigenvalue weighted by atomic mass is 16.2. The molecular weight excluding hydrogens is 506 g/mol. The third-order valence-corrected chi connectivity index (χ3v) is 7.07. The first-order valence-corrected chi connectivity index (χ1v) is 13.1. The van der Waals surface area contributed by atoms with Crippen LogP contribution in [-0.2, 0) is 13.0 Å². The number of pyridine rings is 1. The van der Waals surface area contributed by atoms with Gasteiger partial charge in [0.1, 0.15) is 5.82 Å². The summed E-state index contributed by atoms with van der Waals surface area (Å²) in [5, 5.41) is 0. The zero-order chi connectivity index (χ0) is 27.5. The van der Waals surface area contributed by atoms with E-state index in [1.165, 1.54) is 5.56 Å². The maximum absolute atomic E-state index is 12.5. The molecule has 1 fully saturated rings. The van der Waals surface area contributed by atoms with Gasteiger partial charge in [-0.05, 0) is 40.5 Å². The van der Waals surface area contributed by atoms with Crippen molar-refractivity contribution in [1.29, 1.82) is 0 Å². The number of carbonyl (C=O) groups excluding carboxylic acids is 1. The van der Waals surface area contributed by atoms with Crippen molar-refractivity contribution in [3.05, 3.63) is 117 Å². The van der Waals surface area contributed by atoms with Gasteiger partial charge in [-0.1, -0.05) is 36.4 Å². The molecule has 200 valence electrons. The first-order valence-electron chi connectivity index (χ1n) is 13.1. The topological polar surface area (TPSA) is 128 Å². The van der Waals surface area contributed by atoms with E-state index in [9.17, 15) is 14.4 Å². The van der Waals surface area contributed by atoms with E-state index in [2.05, 4.69) is 35.8 Å². The summed E-state index contributed by atoms with van der Waals surface area (Å²) >= 11 is 0. The number of hydrogen-bond acceptors (Lipinski definition) is 8. The molecule has 40 heavy (non-hydrogen) atoms. The molecule has 6 rings (SSSR count). The smallest absolute Gasteiger partial charge is 0.326 e. The van der Waals surface area contributed by atoms with Crippen LogP contribution in [0.1, 0.15) is 21.6 Å². The summed E-state index contributed by atoms with van der Waals surface area (Å²) in [7, 11) is 0. The molecule has 0 radical (unpaired) electrons. The maximum atomic E-state index is 12.5. The number of aromatic amines is 2. The molecule has 10 nitrogen and oxygen atoms in total. The number of benzene rings is 2. The van der Waals surface area contributed by atoms with E-state index < -0.39 is 11.2 Å². The van der Waals surface area contributed by atoms with Gasteiger partial charge in [-0.15, -0.1) is 0 Å². The van der Waals surface area contributed by atoms with Gasteiger partial charge < -0.3 is 9.88 Å². The average Bonchev–Trinajstić information content (AvgIpc) is 2.97. The van der Waals surface area contributed by atoms with Crippen molar-refractivity contribution in [2.75, 3.05) is 31.1 Å². The Bertz CT molecular complexity index is 1750. The molecule has 0 saturated carbocycles. The van der Waals surface area contributed by atoms with Crippen LogP contribution < -0.4 is 16.1 Å². The minimum atomic E-state index is -0.697. The Kier molecular flexibility index (Phi) is 6.98. The Morgan fingerprint density at radius 2 is 1.62 bits per heavy atom. The van der Waals surface area contributed by atoms with Crippen LogP contribution in [0.3, 0.4) is 0 Å². The van der Waals surface area contributed by atoms with E-state index in [0.717, 1.165) is 72.3 Å². The molecule has 0 atom stereocenters. The number of carbonyl (C=O) groups is 1. The molecule has 1 aliphatic rings. The standard InChI is InChI=1S/C30H27N7O3/c38-27(26-16-29(39)35-30(40)34-26)14-20-3-5-22(6-4-20)23-7-8-24-25(15-23)33-28(18-32-24)37-12-10-36(11-13-37)19-21-2-1-9-31-17-21/h1-9,15-18H,10-14,19H2,(H2,34,35,39,40). The molecule has 0 unspecified atom stereocenters. The van der Waals surface area contributed by atoms with Crippen LogP contribution in [0.25, 0.3) is 22.2 Å². The summed E-state index contributed by atoms with van der Waals surface area (Å²) in [5.74, 6) is 0.541. The van der Waals surface area contributed by atoms with Gasteiger partial charge in [0.15, 0.2) is 5.78 Å². The number of H-pyrrole nitrogens is 2. The fourth-order valence-electron chi connectivity index (χ4n) is 4.93. The van der Waals surface area contributed by atoms with Crippen molar-refractivity contribution in [2.45, 2.75) is 13.0 Å². The van der Waals surface area contributed by atoms with E-state index in [1.807, 2.05) is 60.9 Å². The first-order chi connectivity index (χ1) is 19.5. The van der Waals surface area contributed by atoms with Crippen LogP contribution in [0, 0.1) is 0 Å². The number of hydrogen-bond donors (Lipinski definition) is 2. The van der Waals surface area contributed by atoms with Crippen LogP contribution in [0.5, 0.6) is 0 Å². The van der Waals surface area contributed by atoms with Crippen molar-refractivity contribution in [3.63, 3.8) is 0 Å². The Hall–Kier alpha value is -4.96. The van der Waals surface area contributed by atoms with E-state index >= 15 is 0 Å². The lowest BCUT2D eigenvalue weighted by molar-refractivity contribution is 0.0987. The molecule has 2 N–H and O–H groups in total. The summed E-state index contributed by atoms with van der Waals surface area (Å²) in [5.41, 5.74) is 4.33. The Balaban J connectivity index is 1.14. The quantitative estimate of drug-likeness (QED) is 0.306. The SMILES string of the molecule is O=C(Cc1ccc(-c2ccc3ncc(N4CCN(Cc5cccnc5)CC4)nc3c2)cc1)c1cc(=O)[nH]c(=O)[nH]1. The number of rotatable bonds is 7. The van der Waals surface area contributed by atoms with Gasteiger partial charge in [-0.2, -0.15) is 0 Å². The van der Waals surface area contributed by atoms with Gasteiger partial charge in [-0.3, -0.25) is 29.4 Å². The lowest BCUT2D eigenvalue weighted by Crippen LogP contribution is -2.46. The zero-order valence-electron chi connectivity index (χ0n) is 21.7. The normalized spacial score (nSPS) is 13.9. The molecule has 1 saturated heterocycles. The molecule has 0 spiro atoms. The lowest BCUT2D eigenvalue weighted by Gasteiger charge is -2.35. The zero-order valence-corrected chi connectivity index (χ0v) is 21.7. The summed E-state index contributed by atoms with van der Waals surface area (Å²) in [6, 6.07) is 18.8. The van der Waals surface area contributed by atoms with Crippen molar-refractivity contribution in [3.8, 4) is 11.1 Å². The van der Waals surface area contributed by atoms with Crippen molar-refractivity contribution >= 4 is 22.6 Å². The number of piperazine rings is 1. The fourth-order valence-corrected chi connectivity index (χ4v) is 4.93. The highest BCUT2D eigenvalue weighted by molar-refractivity contribution is 5.95. The third-order valence-electron chi connectivity index (χ3n) is 7.07.